The van der Waals surface area contributed by atoms with Crippen LogP contribution in [0.3, 0.4) is 0 Å². The van der Waals surface area contributed by atoms with Gasteiger partial charge in [-0.05, 0) is 49.4 Å². The molecule has 2 aromatic rings. The van der Waals surface area contributed by atoms with Gasteiger partial charge in [-0.1, -0.05) is 51.5 Å². The average molecular weight is 327 g/mol. The lowest BCUT2D eigenvalue weighted by molar-refractivity contribution is 0.512. The van der Waals surface area contributed by atoms with Crippen LogP contribution >= 0.6 is 8.46 Å². The van der Waals surface area contributed by atoms with Gasteiger partial charge in [0.15, 0.2) is 8.46 Å². The SMILES string of the molecule is CCCCc1cccc(-c2cccc(C(CC)(CC)P=O)n2)c1. The molecule has 0 unspecified atom stereocenters. The van der Waals surface area contributed by atoms with Crippen LogP contribution in [0.15, 0.2) is 42.5 Å². The maximum absolute atomic E-state index is 11.8. The lowest BCUT2D eigenvalue weighted by atomic mass is 9.96. The van der Waals surface area contributed by atoms with E-state index in [1.54, 1.807) is 0 Å². The molecule has 0 radical (unpaired) electrons. The first kappa shape index (κ1) is 17.8. The predicted octanol–water partition coefficient (Wildman–Crippen LogP) is 6.40. The molecule has 122 valence electrons. The normalized spacial score (nSPS) is 11.8. The number of hydrogen-bond acceptors (Lipinski definition) is 2. The summed E-state index contributed by atoms with van der Waals surface area (Å²) in [4.78, 5) is 4.84. The molecule has 0 fully saturated rings. The van der Waals surface area contributed by atoms with Crippen molar-refractivity contribution in [3.8, 4) is 11.3 Å². The monoisotopic (exact) mass is 327 g/mol. The first-order valence-electron chi connectivity index (χ1n) is 8.60. The molecule has 0 amide bonds. The largest absolute Gasteiger partial charge is 0.274 e. The van der Waals surface area contributed by atoms with Crippen molar-refractivity contribution in [3.63, 3.8) is 0 Å². The van der Waals surface area contributed by atoms with Gasteiger partial charge in [-0.3, -0.25) is 9.55 Å². The lowest BCUT2D eigenvalue weighted by Gasteiger charge is -2.23. The second-order valence-electron chi connectivity index (χ2n) is 6.04. The van der Waals surface area contributed by atoms with Gasteiger partial charge in [0.05, 0.1) is 16.5 Å². The minimum absolute atomic E-state index is 0.156. The molecule has 0 atom stereocenters. The summed E-state index contributed by atoms with van der Waals surface area (Å²) in [6, 6.07) is 14.7. The smallest absolute Gasteiger partial charge is 0.168 e. The minimum atomic E-state index is -0.365. The second-order valence-corrected chi connectivity index (χ2v) is 7.08. The number of benzene rings is 1. The molecule has 1 aromatic heterocycles. The van der Waals surface area contributed by atoms with Crippen LogP contribution in [0.4, 0.5) is 0 Å². The van der Waals surface area contributed by atoms with Crippen molar-refractivity contribution in [2.24, 2.45) is 0 Å². The van der Waals surface area contributed by atoms with Crippen LogP contribution < -0.4 is 0 Å². The number of hydrogen-bond donors (Lipinski definition) is 0. The molecule has 2 rings (SSSR count). The van der Waals surface area contributed by atoms with Crippen LogP contribution in [0.1, 0.15) is 57.7 Å². The summed E-state index contributed by atoms with van der Waals surface area (Å²) in [5.41, 5.74) is 4.39. The maximum atomic E-state index is 11.8. The standard InChI is InChI=1S/C20H26NOP/c1-4-7-10-16-11-8-12-17(15-16)18-13-9-14-19(21-18)20(5-2,6-3)23-22/h8-9,11-15H,4-7,10H2,1-3H3. The van der Waals surface area contributed by atoms with Gasteiger partial charge in [-0.2, -0.15) is 0 Å². The highest BCUT2D eigenvalue weighted by Crippen LogP contribution is 2.41. The fourth-order valence-corrected chi connectivity index (χ4v) is 3.39. The summed E-state index contributed by atoms with van der Waals surface area (Å²) in [7, 11) is 0.156. The Balaban J connectivity index is 2.38. The Labute approximate surface area is 141 Å². The van der Waals surface area contributed by atoms with Crippen LogP contribution in [-0.2, 0) is 16.1 Å². The molecule has 1 heterocycles. The van der Waals surface area contributed by atoms with E-state index in [0.29, 0.717) is 0 Å². The third-order valence-corrected chi connectivity index (χ3v) is 5.82. The molecule has 0 saturated heterocycles. The van der Waals surface area contributed by atoms with E-state index in [2.05, 4.69) is 45.0 Å². The van der Waals surface area contributed by atoms with Crippen LogP contribution in [0.5, 0.6) is 0 Å². The van der Waals surface area contributed by atoms with E-state index in [-0.39, 0.29) is 13.6 Å². The van der Waals surface area contributed by atoms with E-state index in [4.69, 9.17) is 4.98 Å². The number of unbranched alkanes of at least 4 members (excludes halogenated alkanes) is 1. The highest BCUT2D eigenvalue weighted by molar-refractivity contribution is 7.25. The van der Waals surface area contributed by atoms with Gasteiger partial charge in [0, 0.05) is 5.56 Å². The summed E-state index contributed by atoms with van der Waals surface area (Å²) in [5, 5.41) is -0.365. The maximum Gasteiger partial charge on any atom is 0.168 e. The molecule has 1 aromatic carbocycles. The average Bonchev–Trinajstić information content (AvgIpc) is 2.62. The van der Waals surface area contributed by atoms with Crippen LogP contribution in [0.25, 0.3) is 11.3 Å². The molecule has 0 aliphatic carbocycles. The Morgan fingerprint density at radius 1 is 1.04 bits per heavy atom. The summed E-state index contributed by atoms with van der Waals surface area (Å²) >= 11 is 0. The Kier molecular flexibility index (Phi) is 6.47. The van der Waals surface area contributed by atoms with E-state index >= 15 is 0 Å². The van der Waals surface area contributed by atoms with Gasteiger partial charge in [-0.15, -0.1) is 0 Å². The van der Waals surface area contributed by atoms with Crippen molar-refractivity contribution in [3.05, 3.63) is 53.7 Å². The molecule has 0 aliphatic heterocycles. The summed E-state index contributed by atoms with van der Waals surface area (Å²) < 4.78 is 11.8. The summed E-state index contributed by atoms with van der Waals surface area (Å²) in [6.45, 7) is 6.37. The zero-order chi connectivity index (χ0) is 16.7. The van der Waals surface area contributed by atoms with E-state index in [1.807, 2.05) is 18.2 Å². The Bertz CT molecular complexity index is 650. The highest BCUT2D eigenvalue weighted by Gasteiger charge is 2.31. The van der Waals surface area contributed by atoms with Gasteiger partial charge in [0.1, 0.15) is 0 Å². The number of aryl methyl sites for hydroxylation is 1. The summed E-state index contributed by atoms with van der Waals surface area (Å²) in [6.07, 6.45) is 5.16. The molecular formula is C20H26NOP. The highest BCUT2D eigenvalue weighted by atomic mass is 31.1. The van der Waals surface area contributed by atoms with E-state index in [0.717, 1.165) is 36.2 Å². The van der Waals surface area contributed by atoms with E-state index in [9.17, 15) is 4.57 Å². The fraction of sp³-hybridized carbons (Fsp3) is 0.450. The zero-order valence-corrected chi connectivity index (χ0v) is 15.3. The predicted molar refractivity (Wildman–Crippen MR) is 98.2 cm³/mol. The van der Waals surface area contributed by atoms with Gasteiger partial charge >= 0.3 is 0 Å². The molecule has 0 saturated carbocycles. The van der Waals surface area contributed by atoms with Gasteiger partial charge in [-0.25, -0.2) is 0 Å². The van der Waals surface area contributed by atoms with E-state index < -0.39 is 0 Å². The van der Waals surface area contributed by atoms with E-state index in [1.165, 1.54) is 18.4 Å². The molecule has 0 N–H and O–H groups in total. The number of aromatic nitrogens is 1. The molecule has 23 heavy (non-hydrogen) atoms. The first-order chi connectivity index (χ1) is 11.2. The number of pyridine rings is 1. The first-order valence-corrected chi connectivity index (χ1v) is 9.41. The van der Waals surface area contributed by atoms with Crippen molar-refractivity contribution < 1.29 is 4.57 Å². The summed E-state index contributed by atoms with van der Waals surface area (Å²) in [5.74, 6) is 0. The second kappa shape index (κ2) is 8.36. The quantitative estimate of drug-likeness (QED) is 0.525. The van der Waals surface area contributed by atoms with Crippen molar-refractivity contribution in [2.45, 2.75) is 58.0 Å². The van der Waals surface area contributed by atoms with Gasteiger partial charge in [0.2, 0.25) is 0 Å². The molecule has 2 nitrogen and oxygen atoms in total. The fourth-order valence-electron chi connectivity index (χ4n) is 2.91. The Morgan fingerprint density at radius 3 is 2.43 bits per heavy atom. The molecular weight excluding hydrogens is 301 g/mol. The van der Waals surface area contributed by atoms with Gasteiger partial charge < -0.3 is 0 Å². The van der Waals surface area contributed by atoms with Crippen molar-refractivity contribution in [2.75, 3.05) is 0 Å². The zero-order valence-electron chi connectivity index (χ0n) is 14.4. The molecule has 3 heteroatoms. The molecule has 0 spiro atoms. The third-order valence-electron chi connectivity index (χ3n) is 4.61. The lowest BCUT2D eigenvalue weighted by Crippen LogP contribution is -2.18. The van der Waals surface area contributed by atoms with Crippen LogP contribution in [0, 0.1) is 0 Å². The van der Waals surface area contributed by atoms with Crippen molar-refractivity contribution >= 4 is 8.46 Å². The number of nitrogens with zero attached hydrogens (tertiary/aromatic N) is 1. The topological polar surface area (TPSA) is 30.0 Å². The molecule has 0 bridgehead atoms. The Morgan fingerprint density at radius 2 is 1.78 bits per heavy atom. The van der Waals surface area contributed by atoms with Crippen LogP contribution in [0.2, 0.25) is 0 Å². The van der Waals surface area contributed by atoms with Crippen molar-refractivity contribution in [1.29, 1.82) is 0 Å². The van der Waals surface area contributed by atoms with Crippen molar-refractivity contribution in [1.82, 2.24) is 4.98 Å². The molecule has 0 aliphatic rings. The number of rotatable bonds is 8. The minimum Gasteiger partial charge on any atom is -0.274 e. The van der Waals surface area contributed by atoms with Gasteiger partial charge in [0.25, 0.3) is 0 Å². The van der Waals surface area contributed by atoms with Crippen LogP contribution in [-0.4, -0.2) is 4.98 Å². The third kappa shape index (κ3) is 4.06. The Hall–Kier alpha value is -1.53.